The van der Waals surface area contributed by atoms with E-state index in [0.717, 1.165) is 26.1 Å². The van der Waals surface area contributed by atoms with E-state index < -0.39 is 5.60 Å². The number of nitrogens with one attached hydrogen (secondary N) is 1. The third-order valence-corrected chi connectivity index (χ3v) is 4.37. The van der Waals surface area contributed by atoms with Gasteiger partial charge in [0.2, 0.25) is 0 Å². The van der Waals surface area contributed by atoms with E-state index in [2.05, 4.69) is 10.2 Å². The van der Waals surface area contributed by atoms with Crippen LogP contribution >= 0.6 is 0 Å². The Kier molecular flexibility index (Phi) is 6.50. The van der Waals surface area contributed by atoms with E-state index in [-0.39, 0.29) is 6.09 Å². The minimum atomic E-state index is -0.406. The van der Waals surface area contributed by atoms with Crippen molar-refractivity contribution < 1.29 is 9.53 Å². The zero-order chi connectivity index (χ0) is 16.0. The summed E-state index contributed by atoms with van der Waals surface area (Å²) < 4.78 is 5.43. The maximum absolute atomic E-state index is 12.0. The molecule has 22 heavy (non-hydrogen) atoms. The average Bonchev–Trinajstić information content (AvgIpc) is 2.92. The van der Waals surface area contributed by atoms with Gasteiger partial charge in [0.25, 0.3) is 0 Å². The molecule has 1 atom stereocenters. The molecule has 1 unspecified atom stereocenters. The Labute approximate surface area is 135 Å². The molecule has 2 heterocycles. The molecule has 0 aromatic rings. The fraction of sp³-hybridized carbons (Fsp3) is 0.941. The first-order valence-electron chi connectivity index (χ1n) is 8.88. The summed E-state index contributed by atoms with van der Waals surface area (Å²) in [7, 11) is 0. The molecule has 2 rings (SSSR count). The molecule has 2 fully saturated rings. The molecule has 0 aromatic heterocycles. The second-order valence-electron chi connectivity index (χ2n) is 7.62. The van der Waals surface area contributed by atoms with Crippen molar-refractivity contribution in [2.24, 2.45) is 0 Å². The molecule has 5 heteroatoms. The Balaban J connectivity index is 1.57. The summed E-state index contributed by atoms with van der Waals surface area (Å²) in [4.78, 5) is 16.4. The lowest BCUT2D eigenvalue weighted by molar-refractivity contribution is 0.0291. The third-order valence-electron chi connectivity index (χ3n) is 4.37. The van der Waals surface area contributed by atoms with Gasteiger partial charge in [-0.25, -0.2) is 4.79 Å². The number of hydrogen-bond donors (Lipinski definition) is 1. The van der Waals surface area contributed by atoms with Crippen LogP contribution in [0.5, 0.6) is 0 Å². The molecule has 0 radical (unpaired) electrons. The first-order chi connectivity index (χ1) is 10.4. The smallest absolute Gasteiger partial charge is 0.410 e. The highest BCUT2D eigenvalue weighted by molar-refractivity contribution is 5.68. The minimum Gasteiger partial charge on any atom is -0.444 e. The summed E-state index contributed by atoms with van der Waals surface area (Å²) in [6, 6.07) is 0.425. The summed E-state index contributed by atoms with van der Waals surface area (Å²) in [5.41, 5.74) is -0.406. The molecule has 5 nitrogen and oxygen atoms in total. The SMILES string of the molecule is CC(C)(C)OC(=O)N1CCC(NCCCN2CCCCC2)C1. The Morgan fingerprint density at radius 1 is 1.18 bits per heavy atom. The zero-order valence-electron chi connectivity index (χ0n) is 14.6. The highest BCUT2D eigenvalue weighted by Gasteiger charge is 2.29. The summed E-state index contributed by atoms with van der Waals surface area (Å²) in [5, 5.41) is 3.59. The predicted octanol–water partition coefficient (Wildman–Crippen LogP) is 2.46. The first kappa shape index (κ1) is 17.5. The van der Waals surface area contributed by atoms with E-state index in [1.165, 1.54) is 45.3 Å². The molecular formula is C17H33N3O2. The van der Waals surface area contributed by atoms with Crippen LogP contribution in [0.4, 0.5) is 4.79 Å². The van der Waals surface area contributed by atoms with Crippen molar-refractivity contribution in [3.63, 3.8) is 0 Å². The Hall–Kier alpha value is -0.810. The van der Waals surface area contributed by atoms with Crippen molar-refractivity contribution >= 4 is 6.09 Å². The molecule has 2 saturated heterocycles. The summed E-state index contributed by atoms with van der Waals surface area (Å²) in [6.07, 6.45) is 6.18. The maximum Gasteiger partial charge on any atom is 0.410 e. The van der Waals surface area contributed by atoms with Crippen molar-refractivity contribution in [2.75, 3.05) is 39.3 Å². The molecule has 0 aliphatic carbocycles. The lowest BCUT2D eigenvalue weighted by atomic mass is 10.1. The third kappa shape index (κ3) is 6.13. The van der Waals surface area contributed by atoms with Gasteiger partial charge in [-0.05, 0) is 72.6 Å². The number of piperidine rings is 1. The monoisotopic (exact) mass is 311 g/mol. The van der Waals surface area contributed by atoms with Gasteiger partial charge >= 0.3 is 6.09 Å². The molecule has 1 N–H and O–H groups in total. The Bertz CT molecular complexity index is 348. The highest BCUT2D eigenvalue weighted by Crippen LogP contribution is 2.15. The van der Waals surface area contributed by atoms with Crippen molar-refractivity contribution in [2.45, 2.75) is 64.5 Å². The van der Waals surface area contributed by atoms with Gasteiger partial charge in [-0.15, -0.1) is 0 Å². The number of hydrogen-bond acceptors (Lipinski definition) is 4. The van der Waals surface area contributed by atoms with Gasteiger partial charge in [0.1, 0.15) is 5.60 Å². The number of amides is 1. The van der Waals surface area contributed by atoms with Crippen molar-refractivity contribution in [1.29, 1.82) is 0 Å². The van der Waals surface area contributed by atoms with E-state index in [0.29, 0.717) is 6.04 Å². The number of ether oxygens (including phenoxy) is 1. The predicted molar refractivity (Wildman–Crippen MR) is 89.1 cm³/mol. The molecule has 0 bridgehead atoms. The van der Waals surface area contributed by atoms with Crippen LogP contribution in [0.25, 0.3) is 0 Å². The van der Waals surface area contributed by atoms with E-state index >= 15 is 0 Å². The molecule has 2 aliphatic rings. The van der Waals surface area contributed by atoms with E-state index in [4.69, 9.17) is 4.74 Å². The second-order valence-corrected chi connectivity index (χ2v) is 7.62. The van der Waals surface area contributed by atoms with Crippen LogP contribution < -0.4 is 5.32 Å². The van der Waals surface area contributed by atoms with E-state index in [1.54, 1.807) is 0 Å². The quantitative estimate of drug-likeness (QED) is 0.792. The standard InChI is InChI=1S/C17H33N3O2/c1-17(2,3)22-16(21)20-13-8-15(14-20)18-9-7-12-19-10-5-4-6-11-19/h15,18H,4-14H2,1-3H3. The van der Waals surface area contributed by atoms with Crippen LogP contribution in [-0.2, 0) is 4.74 Å². The Morgan fingerprint density at radius 3 is 2.59 bits per heavy atom. The number of rotatable bonds is 5. The Morgan fingerprint density at radius 2 is 1.91 bits per heavy atom. The first-order valence-corrected chi connectivity index (χ1v) is 8.88. The van der Waals surface area contributed by atoms with E-state index in [9.17, 15) is 4.79 Å². The number of carbonyl (C=O) groups excluding carboxylic acids is 1. The van der Waals surface area contributed by atoms with Gasteiger partial charge in [0, 0.05) is 19.1 Å². The molecule has 0 aromatic carbocycles. The van der Waals surface area contributed by atoms with Gasteiger partial charge < -0.3 is 19.9 Å². The van der Waals surface area contributed by atoms with Crippen molar-refractivity contribution in [1.82, 2.24) is 15.1 Å². The number of carbonyl (C=O) groups is 1. The van der Waals surface area contributed by atoms with Gasteiger partial charge in [-0.1, -0.05) is 6.42 Å². The number of nitrogens with zero attached hydrogens (tertiary/aromatic N) is 2. The van der Waals surface area contributed by atoms with Crippen molar-refractivity contribution in [3.8, 4) is 0 Å². The van der Waals surface area contributed by atoms with Gasteiger partial charge in [0.05, 0.1) is 0 Å². The van der Waals surface area contributed by atoms with E-state index in [1.807, 2.05) is 25.7 Å². The fourth-order valence-corrected chi connectivity index (χ4v) is 3.21. The second kappa shape index (κ2) is 8.16. The molecule has 2 aliphatic heterocycles. The molecule has 1 amide bonds. The van der Waals surface area contributed by atoms with Gasteiger partial charge in [-0.2, -0.15) is 0 Å². The maximum atomic E-state index is 12.0. The highest BCUT2D eigenvalue weighted by atomic mass is 16.6. The summed E-state index contributed by atoms with van der Waals surface area (Å²) in [6.45, 7) is 12.1. The lowest BCUT2D eigenvalue weighted by Crippen LogP contribution is -2.39. The summed E-state index contributed by atoms with van der Waals surface area (Å²) in [5.74, 6) is 0. The van der Waals surface area contributed by atoms with Gasteiger partial charge in [-0.3, -0.25) is 0 Å². The topological polar surface area (TPSA) is 44.8 Å². The van der Waals surface area contributed by atoms with Crippen LogP contribution in [0.3, 0.4) is 0 Å². The van der Waals surface area contributed by atoms with Crippen LogP contribution in [-0.4, -0.2) is 66.8 Å². The minimum absolute atomic E-state index is 0.176. The lowest BCUT2D eigenvalue weighted by Gasteiger charge is -2.26. The van der Waals surface area contributed by atoms with Crippen LogP contribution in [0.1, 0.15) is 52.9 Å². The number of likely N-dealkylation sites (tertiary alicyclic amines) is 2. The molecular weight excluding hydrogens is 278 g/mol. The summed E-state index contributed by atoms with van der Waals surface area (Å²) >= 11 is 0. The fourth-order valence-electron chi connectivity index (χ4n) is 3.21. The van der Waals surface area contributed by atoms with Crippen molar-refractivity contribution in [3.05, 3.63) is 0 Å². The molecule has 0 spiro atoms. The average molecular weight is 311 g/mol. The largest absolute Gasteiger partial charge is 0.444 e. The molecule has 128 valence electrons. The van der Waals surface area contributed by atoms with Gasteiger partial charge in [0.15, 0.2) is 0 Å². The van der Waals surface area contributed by atoms with Crippen LogP contribution in [0.15, 0.2) is 0 Å². The molecule has 0 saturated carbocycles. The van der Waals surface area contributed by atoms with Crippen LogP contribution in [0.2, 0.25) is 0 Å². The van der Waals surface area contributed by atoms with Crippen LogP contribution in [0, 0.1) is 0 Å². The zero-order valence-corrected chi connectivity index (χ0v) is 14.6. The normalized spacial score (nSPS) is 23.8.